The van der Waals surface area contributed by atoms with Crippen molar-refractivity contribution in [3.63, 3.8) is 0 Å². The molecule has 2 aliphatic rings. The molecular formula is C36H38Cl2F2N6O3. The average Bonchev–Trinajstić information content (AvgIpc) is 3.53. The van der Waals surface area contributed by atoms with Crippen LogP contribution < -0.4 is 14.8 Å². The number of carbonyl (C=O) groups excluding carboxylic acids is 1. The minimum atomic E-state index is -2.34. The molecule has 2 saturated heterocycles. The Morgan fingerprint density at radius 1 is 0.898 bits per heavy atom. The number of rotatable bonds is 12. The third-order valence-electron chi connectivity index (χ3n) is 9.17. The van der Waals surface area contributed by atoms with Crippen LogP contribution >= 0.6 is 23.2 Å². The van der Waals surface area contributed by atoms with Gasteiger partial charge in [0.1, 0.15) is 11.4 Å². The number of amides is 1. The third kappa shape index (κ3) is 7.95. The van der Waals surface area contributed by atoms with Crippen LogP contribution in [0.4, 0.5) is 8.78 Å². The number of aryl methyl sites for hydroxylation is 1. The van der Waals surface area contributed by atoms with Gasteiger partial charge in [-0.15, -0.1) is 0 Å². The Kier molecular flexibility index (Phi) is 11.2. The highest BCUT2D eigenvalue weighted by molar-refractivity contribution is 6.39. The van der Waals surface area contributed by atoms with Crippen molar-refractivity contribution < 1.29 is 23.0 Å². The molecule has 2 fully saturated rings. The van der Waals surface area contributed by atoms with E-state index in [1.54, 1.807) is 19.5 Å². The summed E-state index contributed by atoms with van der Waals surface area (Å²) in [4.78, 5) is 32.2. The molecule has 0 saturated carbocycles. The summed E-state index contributed by atoms with van der Waals surface area (Å²) in [7, 11) is 3.08. The van der Waals surface area contributed by atoms with E-state index in [1.807, 2.05) is 41.3 Å². The molecular weight excluding hydrogens is 673 g/mol. The summed E-state index contributed by atoms with van der Waals surface area (Å²) in [6, 6.07) is 11.5. The number of alkyl halides is 2. The standard InChI is InChI=1S/C36H38Cl2F2N6O3/c1-48-35-27(13-3-8-22-14-15-31(47)43-22)41-17-28(44-35)25-11-4-9-23(32(25)37)24-10-5-12-26(33(24)38)29-18-42-30(36(45-29)49-2)20-46-16-6-7-21(19-46)34(39)40/h4-5,9-12,17-18,21-22,34H,3,6-8,13-16,19-20H2,1-2H3,(H,43,47)/t21?,22-/m1/s1. The van der Waals surface area contributed by atoms with Crippen LogP contribution in [0.25, 0.3) is 33.6 Å². The number of benzene rings is 2. The molecule has 2 aromatic carbocycles. The third-order valence-corrected chi connectivity index (χ3v) is 9.99. The van der Waals surface area contributed by atoms with Gasteiger partial charge in [0.25, 0.3) is 0 Å². The van der Waals surface area contributed by atoms with Crippen molar-refractivity contribution in [3.05, 3.63) is 70.2 Å². The number of piperidine rings is 1. The van der Waals surface area contributed by atoms with E-state index in [-0.39, 0.29) is 11.9 Å². The molecule has 0 radical (unpaired) electrons. The molecule has 0 spiro atoms. The molecule has 49 heavy (non-hydrogen) atoms. The van der Waals surface area contributed by atoms with Gasteiger partial charge in [0.05, 0.1) is 48.0 Å². The smallest absolute Gasteiger partial charge is 0.242 e. The normalized spacial score (nSPS) is 18.1. The van der Waals surface area contributed by atoms with Crippen molar-refractivity contribution in [1.29, 1.82) is 0 Å². The fraction of sp³-hybridized carbons (Fsp3) is 0.417. The van der Waals surface area contributed by atoms with Crippen molar-refractivity contribution in [2.24, 2.45) is 5.92 Å². The summed E-state index contributed by atoms with van der Waals surface area (Å²) >= 11 is 14.1. The average molecular weight is 712 g/mol. The first-order valence-corrected chi connectivity index (χ1v) is 17.2. The fourth-order valence-corrected chi connectivity index (χ4v) is 7.25. The van der Waals surface area contributed by atoms with Gasteiger partial charge in [0.2, 0.25) is 24.1 Å². The summed E-state index contributed by atoms with van der Waals surface area (Å²) in [5, 5.41) is 3.88. The van der Waals surface area contributed by atoms with E-state index in [9.17, 15) is 13.6 Å². The Bertz CT molecular complexity index is 1810. The van der Waals surface area contributed by atoms with E-state index in [0.717, 1.165) is 25.0 Å². The quantitative estimate of drug-likeness (QED) is 0.160. The van der Waals surface area contributed by atoms with Gasteiger partial charge in [-0.05, 0) is 45.1 Å². The molecule has 6 rings (SSSR count). The lowest BCUT2D eigenvalue weighted by atomic mass is 9.98. The van der Waals surface area contributed by atoms with Crippen molar-refractivity contribution >= 4 is 29.1 Å². The van der Waals surface area contributed by atoms with Crippen LogP contribution in [0, 0.1) is 5.92 Å². The zero-order chi connectivity index (χ0) is 34.5. The number of ether oxygens (including phenoxy) is 2. The zero-order valence-electron chi connectivity index (χ0n) is 27.4. The van der Waals surface area contributed by atoms with Crippen molar-refractivity contribution in [2.45, 2.75) is 64.0 Å². The lowest BCUT2D eigenvalue weighted by molar-refractivity contribution is -0.119. The number of methoxy groups -OCH3 is 2. The molecule has 13 heteroatoms. The van der Waals surface area contributed by atoms with Crippen LogP contribution in [-0.4, -0.2) is 70.5 Å². The fourth-order valence-electron chi connectivity index (χ4n) is 6.60. The SMILES string of the molecule is COc1nc(-c2cccc(-c3cccc(-c4cnc(CN5CCCC(C(F)F)C5)c(OC)n4)c3Cl)c2Cl)cnc1CCC[C@@H]1CCC(=O)N1. The molecule has 1 N–H and O–H groups in total. The van der Waals surface area contributed by atoms with Gasteiger partial charge < -0.3 is 14.8 Å². The van der Waals surface area contributed by atoms with Gasteiger partial charge in [-0.25, -0.2) is 18.7 Å². The molecule has 9 nitrogen and oxygen atoms in total. The highest BCUT2D eigenvalue weighted by Crippen LogP contribution is 2.42. The maximum absolute atomic E-state index is 13.4. The van der Waals surface area contributed by atoms with Crippen LogP contribution in [0.2, 0.25) is 10.0 Å². The van der Waals surface area contributed by atoms with Gasteiger partial charge in [0.15, 0.2) is 0 Å². The summed E-state index contributed by atoms with van der Waals surface area (Å²) in [6.07, 6.45) is 6.06. The molecule has 1 amide bonds. The minimum absolute atomic E-state index is 0.112. The Morgan fingerprint density at radius 2 is 1.49 bits per heavy atom. The molecule has 2 atom stereocenters. The molecule has 0 bridgehead atoms. The second kappa shape index (κ2) is 15.7. The Labute approximate surface area is 294 Å². The number of carbonyl (C=O) groups is 1. The summed E-state index contributed by atoms with van der Waals surface area (Å²) < 4.78 is 37.9. The van der Waals surface area contributed by atoms with Crippen molar-refractivity contribution in [3.8, 4) is 45.4 Å². The van der Waals surface area contributed by atoms with Gasteiger partial charge in [-0.3, -0.25) is 19.7 Å². The summed E-state index contributed by atoms with van der Waals surface area (Å²) in [6.45, 7) is 1.39. The van der Waals surface area contributed by atoms with Gasteiger partial charge in [-0.2, -0.15) is 0 Å². The Balaban J connectivity index is 1.23. The number of halogens is 4. The second-order valence-corrected chi connectivity index (χ2v) is 13.2. The Hall–Kier alpha value is -3.93. The molecule has 1 unspecified atom stereocenters. The number of nitrogens with zero attached hydrogens (tertiary/aromatic N) is 5. The molecule has 258 valence electrons. The predicted molar refractivity (Wildman–Crippen MR) is 185 cm³/mol. The number of likely N-dealkylation sites (tertiary alicyclic amines) is 1. The molecule has 4 aromatic rings. The van der Waals surface area contributed by atoms with E-state index in [0.29, 0.717) is 106 Å². The van der Waals surface area contributed by atoms with E-state index in [4.69, 9.17) is 42.6 Å². The molecule has 2 aromatic heterocycles. The second-order valence-electron chi connectivity index (χ2n) is 12.4. The molecule has 0 aliphatic carbocycles. The Morgan fingerprint density at radius 3 is 2.06 bits per heavy atom. The van der Waals surface area contributed by atoms with E-state index in [2.05, 4.69) is 15.3 Å². The van der Waals surface area contributed by atoms with Crippen LogP contribution in [0.5, 0.6) is 11.8 Å². The first-order valence-electron chi connectivity index (χ1n) is 16.4. The molecule has 4 heterocycles. The minimum Gasteiger partial charge on any atom is -0.480 e. The lowest BCUT2D eigenvalue weighted by Crippen LogP contribution is -2.38. The number of nitrogens with one attached hydrogen (secondary N) is 1. The highest BCUT2D eigenvalue weighted by Gasteiger charge is 2.28. The van der Waals surface area contributed by atoms with Gasteiger partial charge >= 0.3 is 0 Å². The van der Waals surface area contributed by atoms with E-state index < -0.39 is 12.3 Å². The highest BCUT2D eigenvalue weighted by atomic mass is 35.5. The lowest BCUT2D eigenvalue weighted by Gasteiger charge is -2.32. The monoisotopic (exact) mass is 710 g/mol. The van der Waals surface area contributed by atoms with E-state index >= 15 is 0 Å². The maximum Gasteiger partial charge on any atom is 0.242 e. The topological polar surface area (TPSA) is 102 Å². The first kappa shape index (κ1) is 34.9. The number of aromatic nitrogens is 4. The largest absolute Gasteiger partial charge is 0.480 e. The van der Waals surface area contributed by atoms with Crippen LogP contribution in [0.3, 0.4) is 0 Å². The van der Waals surface area contributed by atoms with Crippen molar-refractivity contribution in [1.82, 2.24) is 30.2 Å². The van der Waals surface area contributed by atoms with Crippen molar-refractivity contribution in [2.75, 3.05) is 27.3 Å². The number of hydrogen-bond acceptors (Lipinski definition) is 8. The van der Waals surface area contributed by atoms with Crippen LogP contribution in [0.15, 0.2) is 48.8 Å². The maximum atomic E-state index is 13.4. The number of hydrogen-bond donors (Lipinski definition) is 1. The zero-order valence-corrected chi connectivity index (χ0v) is 28.9. The van der Waals surface area contributed by atoms with Gasteiger partial charge in [-0.1, -0.05) is 59.6 Å². The molecule has 2 aliphatic heterocycles. The predicted octanol–water partition coefficient (Wildman–Crippen LogP) is 7.67. The first-order chi connectivity index (χ1) is 23.7. The summed E-state index contributed by atoms with van der Waals surface area (Å²) in [5.74, 6) is 0.218. The van der Waals surface area contributed by atoms with Gasteiger partial charge in [0, 0.05) is 53.7 Å². The van der Waals surface area contributed by atoms with Crippen LogP contribution in [0.1, 0.15) is 49.9 Å². The summed E-state index contributed by atoms with van der Waals surface area (Å²) in [5.41, 5.74) is 5.08. The van der Waals surface area contributed by atoms with Crippen LogP contribution in [-0.2, 0) is 17.8 Å². The van der Waals surface area contributed by atoms with E-state index in [1.165, 1.54) is 7.11 Å².